The average molecular weight is 432 g/mol. The fourth-order valence-corrected chi connectivity index (χ4v) is 2.47. The molecule has 0 saturated heterocycles. The first-order chi connectivity index (χ1) is 13.6. The summed E-state index contributed by atoms with van der Waals surface area (Å²) >= 11 is 0. The van der Waals surface area contributed by atoms with Gasteiger partial charge >= 0.3 is 6.18 Å². The van der Waals surface area contributed by atoms with Crippen LogP contribution in [0.5, 0.6) is 0 Å². The second kappa shape index (κ2) is 10.2. The molecule has 0 fully saturated rings. The molecular formula is C16H21F3N7O2S-. The minimum absolute atomic E-state index is 0.0762. The predicted octanol–water partition coefficient (Wildman–Crippen LogP) is 3.55. The minimum atomic E-state index is -4.62. The molecule has 1 heterocycles. The fourth-order valence-electron chi connectivity index (χ4n) is 2.16. The van der Waals surface area contributed by atoms with E-state index in [0.717, 1.165) is 12.6 Å². The third-order valence-electron chi connectivity index (χ3n) is 3.47. The Morgan fingerprint density at radius 2 is 1.86 bits per heavy atom. The maximum absolute atomic E-state index is 13.1. The van der Waals surface area contributed by atoms with Gasteiger partial charge in [-0.05, 0) is 51.3 Å². The van der Waals surface area contributed by atoms with Crippen molar-refractivity contribution < 1.29 is 21.9 Å². The van der Waals surface area contributed by atoms with Gasteiger partial charge in [-0.15, -0.1) is 0 Å². The maximum Gasteiger partial charge on any atom is 0.433 e. The number of aromatic nitrogens is 2. The highest BCUT2D eigenvalue weighted by Crippen LogP contribution is 2.29. The van der Waals surface area contributed by atoms with E-state index in [0.29, 0.717) is 18.7 Å². The Hall–Kier alpha value is -2.64. The summed E-state index contributed by atoms with van der Waals surface area (Å²) in [6, 6.07) is 6.79. The van der Waals surface area contributed by atoms with Crippen LogP contribution >= 0.6 is 0 Å². The van der Waals surface area contributed by atoms with E-state index in [1.165, 1.54) is 24.3 Å². The van der Waals surface area contributed by atoms with Crippen LogP contribution in [0, 0.1) is 0 Å². The van der Waals surface area contributed by atoms with Crippen LogP contribution in [0.1, 0.15) is 12.1 Å². The zero-order chi connectivity index (χ0) is 21.4. The molecule has 2 aromatic rings. The number of hydrogen-bond acceptors (Lipinski definition) is 9. The SMILES string of the molecule is CN(C)CCCNc1nc(NNc2ccc(N=[S-](=O)O)cc2)cc(C(F)(F)F)n1. The van der Waals surface area contributed by atoms with E-state index in [9.17, 15) is 17.4 Å². The molecule has 13 heteroatoms. The Balaban J connectivity index is 2.08. The number of rotatable bonds is 9. The largest absolute Gasteiger partial charge is 0.454 e. The molecular weight excluding hydrogens is 411 g/mol. The molecule has 0 amide bonds. The van der Waals surface area contributed by atoms with Crippen molar-refractivity contribution >= 4 is 34.0 Å². The summed E-state index contributed by atoms with van der Waals surface area (Å²) in [4.78, 5) is 9.52. The summed E-state index contributed by atoms with van der Waals surface area (Å²) in [5.41, 5.74) is 4.99. The zero-order valence-corrected chi connectivity index (χ0v) is 16.5. The lowest BCUT2D eigenvalue weighted by Crippen LogP contribution is -2.19. The number of halogens is 3. The number of alkyl halides is 3. The Bertz CT molecular complexity index is 885. The topological polar surface area (TPSA) is 115 Å². The summed E-state index contributed by atoms with van der Waals surface area (Å²) < 4.78 is 62.2. The van der Waals surface area contributed by atoms with Crippen LogP contribution < -0.4 is 16.2 Å². The zero-order valence-electron chi connectivity index (χ0n) is 15.7. The van der Waals surface area contributed by atoms with Gasteiger partial charge in [0.1, 0.15) is 0 Å². The van der Waals surface area contributed by atoms with Crippen molar-refractivity contribution in [2.45, 2.75) is 12.6 Å². The van der Waals surface area contributed by atoms with Gasteiger partial charge in [0.05, 0.1) is 5.69 Å². The van der Waals surface area contributed by atoms with Crippen molar-refractivity contribution in [2.24, 2.45) is 4.36 Å². The molecule has 160 valence electrons. The van der Waals surface area contributed by atoms with Crippen molar-refractivity contribution in [1.29, 1.82) is 0 Å². The minimum Gasteiger partial charge on any atom is -0.454 e. The Kier molecular flexibility index (Phi) is 7.99. The van der Waals surface area contributed by atoms with Gasteiger partial charge in [-0.25, -0.2) is 4.98 Å². The van der Waals surface area contributed by atoms with Crippen molar-refractivity contribution in [3.63, 3.8) is 0 Å². The summed E-state index contributed by atoms with van der Waals surface area (Å²) in [5.74, 6) is -0.213. The van der Waals surface area contributed by atoms with Crippen molar-refractivity contribution in [2.75, 3.05) is 43.4 Å². The average Bonchev–Trinajstić information content (AvgIpc) is 2.63. The van der Waals surface area contributed by atoms with Crippen LogP contribution in [-0.2, 0) is 21.3 Å². The predicted molar refractivity (Wildman–Crippen MR) is 105 cm³/mol. The van der Waals surface area contributed by atoms with Gasteiger partial charge in [0, 0.05) is 18.3 Å². The van der Waals surface area contributed by atoms with E-state index in [1.54, 1.807) is 0 Å². The second-order valence-electron chi connectivity index (χ2n) is 6.16. The van der Waals surface area contributed by atoms with E-state index in [2.05, 4.69) is 30.5 Å². The number of nitrogens with one attached hydrogen (secondary N) is 3. The summed E-state index contributed by atoms with van der Waals surface area (Å²) in [6.07, 6.45) is -3.91. The number of anilines is 3. The molecule has 1 aromatic heterocycles. The number of benzene rings is 1. The highest BCUT2D eigenvalue weighted by atomic mass is 32.2. The molecule has 0 aliphatic carbocycles. The first kappa shape index (κ1) is 22.6. The van der Waals surface area contributed by atoms with Crippen LogP contribution in [0.3, 0.4) is 0 Å². The molecule has 29 heavy (non-hydrogen) atoms. The van der Waals surface area contributed by atoms with E-state index in [-0.39, 0.29) is 17.5 Å². The highest BCUT2D eigenvalue weighted by Gasteiger charge is 2.33. The molecule has 0 unspecified atom stereocenters. The first-order valence-corrected chi connectivity index (χ1v) is 9.49. The maximum atomic E-state index is 13.1. The third-order valence-corrected chi connectivity index (χ3v) is 3.83. The van der Waals surface area contributed by atoms with E-state index in [1.807, 2.05) is 19.0 Å². The molecule has 0 aliphatic rings. The molecule has 0 atom stereocenters. The summed E-state index contributed by atoms with van der Waals surface area (Å²) in [6.45, 7) is 1.19. The fraction of sp³-hybridized carbons (Fsp3) is 0.375. The van der Waals surface area contributed by atoms with Crippen LogP contribution in [0.2, 0.25) is 0 Å². The van der Waals surface area contributed by atoms with Crippen LogP contribution in [-0.4, -0.2) is 46.6 Å². The van der Waals surface area contributed by atoms with Gasteiger partial charge in [0.2, 0.25) is 5.95 Å². The molecule has 2 rings (SSSR count). The van der Waals surface area contributed by atoms with Crippen LogP contribution in [0.4, 0.5) is 36.3 Å². The third kappa shape index (κ3) is 8.09. The number of hydrogen-bond donors (Lipinski definition) is 4. The van der Waals surface area contributed by atoms with Gasteiger partial charge in [0.25, 0.3) is 0 Å². The van der Waals surface area contributed by atoms with E-state index in [4.69, 9.17) is 4.55 Å². The number of nitrogens with zero attached hydrogens (tertiary/aromatic N) is 4. The van der Waals surface area contributed by atoms with Crippen molar-refractivity contribution in [3.05, 3.63) is 36.0 Å². The smallest absolute Gasteiger partial charge is 0.433 e. The number of hydrazine groups is 1. The van der Waals surface area contributed by atoms with Gasteiger partial charge in [-0.2, -0.15) is 18.2 Å². The second-order valence-corrected chi connectivity index (χ2v) is 6.81. The van der Waals surface area contributed by atoms with E-state index >= 15 is 0 Å². The van der Waals surface area contributed by atoms with Gasteiger partial charge in [-0.3, -0.25) is 10.9 Å². The van der Waals surface area contributed by atoms with E-state index < -0.39 is 22.7 Å². The molecule has 4 N–H and O–H groups in total. The quantitative estimate of drug-likeness (QED) is 0.206. The molecule has 1 aromatic carbocycles. The van der Waals surface area contributed by atoms with Gasteiger partial charge in [-0.1, -0.05) is 10.9 Å². The lowest BCUT2D eigenvalue weighted by Gasteiger charge is -2.14. The lowest BCUT2D eigenvalue weighted by atomic mass is 10.3. The Labute approximate surface area is 167 Å². The summed E-state index contributed by atoms with van der Waals surface area (Å²) in [5, 5.41) is 2.80. The van der Waals surface area contributed by atoms with Gasteiger partial charge < -0.3 is 23.3 Å². The van der Waals surface area contributed by atoms with Crippen molar-refractivity contribution in [3.8, 4) is 0 Å². The highest BCUT2D eigenvalue weighted by molar-refractivity contribution is 7.68. The monoisotopic (exact) mass is 432 g/mol. The lowest BCUT2D eigenvalue weighted by molar-refractivity contribution is -0.141. The first-order valence-electron chi connectivity index (χ1n) is 8.43. The molecule has 0 bridgehead atoms. The Morgan fingerprint density at radius 1 is 1.17 bits per heavy atom. The normalized spacial score (nSPS) is 12.8. The van der Waals surface area contributed by atoms with Crippen molar-refractivity contribution in [1.82, 2.24) is 14.9 Å². The molecule has 0 radical (unpaired) electrons. The standard InChI is InChI=1S/C16H21F3N7O2S/c1-26(2)9-3-8-20-15-21-13(16(17,18)19)10-14(22-15)24-23-11-4-6-12(7-5-11)25-29(27)28/h4-7,10,23H,3,8-9H2,1-2H3,(H,25,27,28)(H2,20,21,22,24)/q-1. The molecule has 9 nitrogen and oxygen atoms in total. The Morgan fingerprint density at radius 3 is 2.45 bits per heavy atom. The molecule has 0 saturated carbocycles. The van der Waals surface area contributed by atoms with Crippen LogP contribution in [0.25, 0.3) is 0 Å². The summed E-state index contributed by atoms with van der Waals surface area (Å²) in [7, 11) is 1.48. The molecule has 0 spiro atoms. The molecule has 0 aliphatic heterocycles. The van der Waals surface area contributed by atoms with Gasteiger partial charge in [0.15, 0.2) is 11.5 Å². The van der Waals surface area contributed by atoms with Crippen LogP contribution in [0.15, 0.2) is 34.7 Å².